The van der Waals surface area contributed by atoms with Crippen molar-refractivity contribution < 1.29 is 14.3 Å². The summed E-state index contributed by atoms with van der Waals surface area (Å²) < 4.78 is 4.83. The molecular weight excluding hydrogens is 268 g/mol. The third-order valence-corrected chi connectivity index (χ3v) is 3.58. The first-order chi connectivity index (χ1) is 10.2. The number of ether oxygens (including phenoxy) is 1. The summed E-state index contributed by atoms with van der Waals surface area (Å²) >= 11 is 0. The van der Waals surface area contributed by atoms with E-state index in [-0.39, 0.29) is 5.91 Å². The second-order valence-corrected chi connectivity index (χ2v) is 4.79. The van der Waals surface area contributed by atoms with E-state index in [1.54, 1.807) is 18.3 Å². The highest BCUT2D eigenvalue weighted by Gasteiger charge is 2.39. The van der Waals surface area contributed by atoms with Crippen LogP contribution in [0.2, 0.25) is 0 Å². The van der Waals surface area contributed by atoms with Gasteiger partial charge in [0.05, 0.1) is 12.7 Å². The Kier molecular flexibility index (Phi) is 3.39. The number of hydrogen-bond acceptors (Lipinski definition) is 4. The van der Waals surface area contributed by atoms with Gasteiger partial charge in [-0.3, -0.25) is 14.7 Å². The second-order valence-electron chi connectivity index (χ2n) is 4.79. The summed E-state index contributed by atoms with van der Waals surface area (Å²) in [6, 6.07) is 10.3. The molecule has 0 aliphatic carbocycles. The normalized spacial score (nSPS) is 16.4. The highest BCUT2D eigenvalue weighted by Crippen LogP contribution is 2.33. The minimum Gasteiger partial charge on any atom is -0.467 e. The fourth-order valence-electron chi connectivity index (χ4n) is 2.59. The van der Waals surface area contributed by atoms with Gasteiger partial charge >= 0.3 is 5.97 Å². The van der Waals surface area contributed by atoms with Crippen LogP contribution in [0.4, 0.5) is 5.69 Å². The van der Waals surface area contributed by atoms with Gasteiger partial charge in [-0.05, 0) is 23.8 Å². The van der Waals surface area contributed by atoms with E-state index in [1.165, 1.54) is 18.2 Å². The Hall–Kier alpha value is -2.69. The molecule has 106 valence electrons. The summed E-state index contributed by atoms with van der Waals surface area (Å²) in [4.78, 5) is 30.2. The molecule has 1 aliphatic rings. The largest absolute Gasteiger partial charge is 0.467 e. The molecule has 5 nitrogen and oxygen atoms in total. The number of methoxy groups -OCH3 is 1. The molecule has 2 heterocycles. The maximum Gasteiger partial charge on any atom is 0.329 e. The van der Waals surface area contributed by atoms with Gasteiger partial charge in [0.2, 0.25) is 0 Å². The average molecular weight is 282 g/mol. The molecule has 0 fully saturated rings. The van der Waals surface area contributed by atoms with Gasteiger partial charge < -0.3 is 4.74 Å². The molecule has 0 radical (unpaired) electrons. The van der Waals surface area contributed by atoms with Crippen LogP contribution >= 0.6 is 0 Å². The molecule has 0 N–H and O–H groups in total. The van der Waals surface area contributed by atoms with Crippen LogP contribution in [0.25, 0.3) is 0 Å². The fourth-order valence-corrected chi connectivity index (χ4v) is 2.59. The summed E-state index contributed by atoms with van der Waals surface area (Å²) in [6.45, 7) is 0. The number of aromatic nitrogens is 1. The van der Waals surface area contributed by atoms with E-state index in [2.05, 4.69) is 4.98 Å². The monoisotopic (exact) mass is 282 g/mol. The number of amides is 1. The van der Waals surface area contributed by atoms with Crippen LogP contribution in [0, 0.1) is 0 Å². The van der Waals surface area contributed by atoms with Gasteiger partial charge in [-0.2, -0.15) is 0 Å². The molecule has 0 saturated heterocycles. The van der Waals surface area contributed by atoms with E-state index in [0.29, 0.717) is 12.0 Å². The summed E-state index contributed by atoms with van der Waals surface area (Å²) in [6.07, 6.45) is 3.57. The predicted molar refractivity (Wildman–Crippen MR) is 77.0 cm³/mol. The number of carbonyl (C=O) groups excluding carboxylic acids is 2. The Morgan fingerprint density at radius 3 is 2.76 bits per heavy atom. The number of para-hydroxylation sites is 1. The lowest BCUT2D eigenvalue weighted by Crippen LogP contribution is -2.43. The van der Waals surface area contributed by atoms with Crippen LogP contribution in [0.3, 0.4) is 0 Å². The van der Waals surface area contributed by atoms with Crippen molar-refractivity contribution in [2.24, 2.45) is 0 Å². The topological polar surface area (TPSA) is 59.5 Å². The van der Waals surface area contributed by atoms with Crippen molar-refractivity contribution in [2.75, 3.05) is 12.0 Å². The van der Waals surface area contributed by atoms with Gasteiger partial charge in [-0.1, -0.05) is 18.2 Å². The number of esters is 1. The number of anilines is 1. The number of pyridine rings is 1. The van der Waals surface area contributed by atoms with E-state index in [9.17, 15) is 9.59 Å². The zero-order valence-electron chi connectivity index (χ0n) is 11.5. The van der Waals surface area contributed by atoms with Crippen LogP contribution in [-0.4, -0.2) is 30.0 Å². The van der Waals surface area contributed by atoms with E-state index in [0.717, 1.165) is 11.3 Å². The molecule has 1 unspecified atom stereocenters. The molecule has 0 saturated carbocycles. The van der Waals surface area contributed by atoms with Gasteiger partial charge in [0, 0.05) is 24.5 Å². The molecule has 1 aromatic carbocycles. The molecule has 2 aromatic rings. The highest BCUT2D eigenvalue weighted by atomic mass is 16.5. The first kappa shape index (κ1) is 13.3. The Balaban J connectivity index is 2.03. The van der Waals surface area contributed by atoms with E-state index in [4.69, 9.17) is 4.74 Å². The van der Waals surface area contributed by atoms with Crippen molar-refractivity contribution in [3.63, 3.8) is 0 Å². The summed E-state index contributed by atoms with van der Waals surface area (Å²) in [5.41, 5.74) is 2.16. The molecule has 21 heavy (non-hydrogen) atoms. The Bertz CT molecular complexity index is 685. The number of benzene rings is 1. The average Bonchev–Trinajstić information content (AvgIpc) is 2.93. The lowest BCUT2D eigenvalue weighted by Gasteiger charge is -2.23. The van der Waals surface area contributed by atoms with Crippen molar-refractivity contribution in [1.29, 1.82) is 0 Å². The lowest BCUT2D eigenvalue weighted by atomic mass is 10.1. The summed E-state index contributed by atoms with van der Waals surface area (Å²) in [5.74, 6) is -0.660. The zero-order chi connectivity index (χ0) is 14.8. The van der Waals surface area contributed by atoms with Gasteiger partial charge in [0.15, 0.2) is 0 Å². The molecule has 1 aromatic heterocycles. The SMILES string of the molecule is COC(=O)C1Cc2ccccc2N1C(=O)c1cccnc1. The number of fused-ring (bicyclic) bond motifs is 1. The van der Waals surface area contributed by atoms with Gasteiger partial charge in [0.1, 0.15) is 6.04 Å². The molecule has 0 spiro atoms. The highest BCUT2D eigenvalue weighted by molar-refractivity contribution is 6.10. The van der Waals surface area contributed by atoms with Crippen LogP contribution in [0.5, 0.6) is 0 Å². The van der Waals surface area contributed by atoms with Crippen molar-refractivity contribution in [3.05, 3.63) is 59.9 Å². The Morgan fingerprint density at radius 2 is 2.05 bits per heavy atom. The quantitative estimate of drug-likeness (QED) is 0.788. The minimum absolute atomic E-state index is 0.247. The molecule has 0 bridgehead atoms. The van der Waals surface area contributed by atoms with Crippen molar-refractivity contribution in [1.82, 2.24) is 4.98 Å². The van der Waals surface area contributed by atoms with Crippen molar-refractivity contribution >= 4 is 17.6 Å². The zero-order valence-corrected chi connectivity index (χ0v) is 11.5. The molecule has 1 atom stereocenters. The molecular formula is C16H14N2O3. The maximum absolute atomic E-state index is 12.7. The summed E-state index contributed by atoms with van der Waals surface area (Å²) in [5, 5.41) is 0. The van der Waals surface area contributed by atoms with Crippen molar-refractivity contribution in [3.8, 4) is 0 Å². The first-order valence-electron chi connectivity index (χ1n) is 6.61. The van der Waals surface area contributed by atoms with Crippen molar-refractivity contribution in [2.45, 2.75) is 12.5 Å². The summed E-state index contributed by atoms with van der Waals surface area (Å²) in [7, 11) is 1.33. The van der Waals surface area contributed by atoms with Crippen LogP contribution in [-0.2, 0) is 16.0 Å². The third kappa shape index (κ3) is 2.27. The van der Waals surface area contributed by atoms with Gasteiger partial charge in [0.25, 0.3) is 5.91 Å². The number of rotatable bonds is 2. The van der Waals surface area contributed by atoms with Crippen LogP contribution in [0.1, 0.15) is 15.9 Å². The lowest BCUT2D eigenvalue weighted by molar-refractivity contribution is -0.141. The first-order valence-corrected chi connectivity index (χ1v) is 6.61. The van der Waals surface area contributed by atoms with Gasteiger partial charge in [-0.15, -0.1) is 0 Å². The standard InChI is InChI=1S/C16H14N2O3/c1-21-16(20)14-9-11-5-2-3-7-13(11)18(14)15(19)12-6-4-8-17-10-12/h2-8,10,14H,9H2,1H3. The van der Waals surface area contributed by atoms with E-state index >= 15 is 0 Å². The van der Waals surface area contributed by atoms with Crippen LogP contribution < -0.4 is 4.90 Å². The number of carbonyl (C=O) groups is 2. The Labute approximate surface area is 122 Å². The molecule has 5 heteroatoms. The predicted octanol–water partition coefficient (Wildman–Crippen LogP) is 1.83. The van der Waals surface area contributed by atoms with E-state index in [1.807, 2.05) is 24.3 Å². The fraction of sp³-hybridized carbons (Fsp3) is 0.188. The second kappa shape index (κ2) is 5.36. The Morgan fingerprint density at radius 1 is 1.24 bits per heavy atom. The number of nitrogens with zero attached hydrogens (tertiary/aromatic N) is 2. The smallest absolute Gasteiger partial charge is 0.329 e. The van der Waals surface area contributed by atoms with E-state index < -0.39 is 12.0 Å². The molecule has 3 rings (SSSR count). The minimum atomic E-state index is -0.625. The molecule has 1 amide bonds. The molecule has 1 aliphatic heterocycles. The third-order valence-electron chi connectivity index (χ3n) is 3.58. The van der Waals surface area contributed by atoms with Crippen LogP contribution in [0.15, 0.2) is 48.8 Å². The number of hydrogen-bond donors (Lipinski definition) is 0. The maximum atomic E-state index is 12.7. The van der Waals surface area contributed by atoms with Gasteiger partial charge in [-0.25, -0.2) is 4.79 Å².